The Morgan fingerprint density at radius 3 is 2.71 bits per heavy atom. The van der Waals surface area contributed by atoms with Crippen LogP contribution in [0, 0.1) is 0 Å². The van der Waals surface area contributed by atoms with E-state index in [1.165, 1.54) is 0 Å². The Labute approximate surface area is 126 Å². The maximum absolute atomic E-state index is 12.7. The molecule has 3 aromatic rings. The molecule has 0 atom stereocenters. The molecule has 0 aliphatic carbocycles. The maximum Gasteiger partial charge on any atom is 0.196 e. The number of methoxy groups -OCH3 is 1. The molecule has 0 unspecified atom stereocenters. The minimum Gasteiger partial charge on any atom is -0.497 e. The van der Waals surface area contributed by atoms with E-state index >= 15 is 0 Å². The lowest BCUT2D eigenvalue weighted by Crippen LogP contribution is -2.02. The predicted octanol–water partition coefficient (Wildman–Crippen LogP) is 3.64. The van der Waals surface area contributed by atoms with Gasteiger partial charge in [0.2, 0.25) is 0 Å². The summed E-state index contributed by atoms with van der Waals surface area (Å²) in [7, 11) is 1.59. The molecule has 0 amide bonds. The fourth-order valence-corrected chi connectivity index (χ4v) is 2.55. The molecule has 0 radical (unpaired) electrons. The summed E-state index contributed by atoms with van der Waals surface area (Å²) in [5, 5.41) is 1.14. The van der Waals surface area contributed by atoms with Gasteiger partial charge in [0.25, 0.3) is 0 Å². The van der Waals surface area contributed by atoms with Gasteiger partial charge in [-0.05, 0) is 36.4 Å². The molecular formula is C16H13ClN2O2. The normalized spacial score (nSPS) is 10.8. The molecule has 0 aliphatic heterocycles. The summed E-state index contributed by atoms with van der Waals surface area (Å²) < 4.78 is 5.20. The molecule has 0 spiro atoms. The van der Waals surface area contributed by atoms with Crippen LogP contribution in [0.4, 0.5) is 5.69 Å². The van der Waals surface area contributed by atoms with E-state index in [9.17, 15) is 4.79 Å². The molecule has 0 saturated carbocycles. The smallest absolute Gasteiger partial charge is 0.196 e. The van der Waals surface area contributed by atoms with Crippen molar-refractivity contribution in [3.05, 3.63) is 58.7 Å². The number of aromatic nitrogens is 1. The first-order chi connectivity index (χ1) is 10.1. The minimum atomic E-state index is -0.153. The molecule has 0 bridgehead atoms. The molecule has 2 aromatic carbocycles. The van der Waals surface area contributed by atoms with Crippen molar-refractivity contribution in [3.8, 4) is 5.75 Å². The number of H-pyrrole nitrogens is 1. The molecule has 21 heavy (non-hydrogen) atoms. The third-order valence-electron chi connectivity index (χ3n) is 3.37. The van der Waals surface area contributed by atoms with Crippen LogP contribution in [-0.4, -0.2) is 17.9 Å². The largest absolute Gasteiger partial charge is 0.497 e. The standard InChI is InChI=1S/C16H13ClN2O2/c1-21-10-3-5-15-12(7-10)13(8-19-15)16(20)11-4-2-9(18)6-14(11)17/h2-8,19H,18H2,1H3. The lowest BCUT2D eigenvalue weighted by molar-refractivity contribution is 0.104. The first-order valence-corrected chi connectivity index (χ1v) is 6.73. The SMILES string of the molecule is COc1ccc2[nH]cc(C(=O)c3ccc(N)cc3Cl)c2c1. The van der Waals surface area contributed by atoms with Crippen LogP contribution in [-0.2, 0) is 0 Å². The van der Waals surface area contributed by atoms with Crippen LogP contribution in [0.15, 0.2) is 42.6 Å². The number of hydrogen-bond donors (Lipinski definition) is 2. The maximum atomic E-state index is 12.7. The Morgan fingerprint density at radius 1 is 1.19 bits per heavy atom. The van der Waals surface area contributed by atoms with Gasteiger partial charge in [0.05, 0.1) is 12.1 Å². The highest BCUT2D eigenvalue weighted by molar-refractivity contribution is 6.35. The van der Waals surface area contributed by atoms with Gasteiger partial charge in [0, 0.05) is 33.9 Å². The minimum absolute atomic E-state index is 0.153. The summed E-state index contributed by atoms with van der Waals surface area (Å²) in [6.07, 6.45) is 1.68. The van der Waals surface area contributed by atoms with Crippen molar-refractivity contribution in [2.75, 3.05) is 12.8 Å². The summed E-state index contributed by atoms with van der Waals surface area (Å²) in [5.74, 6) is 0.541. The molecule has 1 heterocycles. The Hall–Kier alpha value is -2.46. The van der Waals surface area contributed by atoms with Gasteiger partial charge in [0.15, 0.2) is 5.78 Å². The monoisotopic (exact) mass is 300 g/mol. The molecular weight excluding hydrogens is 288 g/mol. The number of benzene rings is 2. The van der Waals surface area contributed by atoms with Crippen molar-refractivity contribution in [3.63, 3.8) is 0 Å². The lowest BCUT2D eigenvalue weighted by atomic mass is 10.0. The van der Waals surface area contributed by atoms with E-state index in [1.807, 2.05) is 18.2 Å². The predicted molar refractivity (Wildman–Crippen MR) is 84.1 cm³/mol. The summed E-state index contributed by atoms with van der Waals surface area (Å²) >= 11 is 6.12. The lowest BCUT2D eigenvalue weighted by Gasteiger charge is -2.04. The number of fused-ring (bicyclic) bond motifs is 1. The number of nitrogen functional groups attached to an aromatic ring is 1. The van der Waals surface area contributed by atoms with E-state index in [0.717, 1.165) is 10.9 Å². The van der Waals surface area contributed by atoms with E-state index < -0.39 is 0 Å². The molecule has 5 heteroatoms. The topological polar surface area (TPSA) is 68.1 Å². The first kappa shape index (κ1) is 13.5. The number of ketones is 1. The fourth-order valence-electron chi connectivity index (χ4n) is 2.28. The van der Waals surface area contributed by atoms with Gasteiger partial charge in [-0.15, -0.1) is 0 Å². The number of halogens is 1. The zero-order valence-corrected chi connectivity index (χ0v) is 12.1. The van der Waals surface area contributed by atoms with Crippen molar-refractivity contribution in [2.24, 2.45) is 0 Å². The number of carbonyl (C=O) groups is 1. The van der Waals surface area contributed by atoms with Gasteiger partial charge < -0.3 is 15.5 Å². The summed E-state index contributed by atoms with van der Waals surface area (Å²) in [4.78, 5) is 15.7. The molecule has 0 saturated heterocycles. The number of nitrogens with one attached hydrogen (secondary N) is 1. The van der Waals surface area contributed by atoms with Crippen LogP contribution in [0.3, 0.4) is 0 Å². The number of carbonyl (C=O) groups excluding carboxylic acids is 1. The third kappa shape index (κ3) is 2.34. The van der Waals surface area contributed by atoms with Crippen LogP contribution in [0.25, 0.3) is 10.9 Å². The Kier molecular flexibility index (Phi) is 3.31. The average Bonchev–Trinajstić information content (AvgIpc) is 2.89. The highest BCUT2D eigenvalue weighted by Crippen LogP contribution is 2.28. The van der Waals surface area contributed by atoms with E-state index in [4.69, 9.17) is 22.1 Å². The zero-order valence-electron chi connectivity index (χ0n) is 11.3. The highest BCUT2D eigenvalue weighted by atomic mass is 35.5. The van der Waals surface area contributed by atoms with Crippen LogP contribution >= 0.6 is 11.6 Å². The van der Waals surface area contributed by atoms with Crippen LogP contribution < -0.4 is 10.5 Å². The van der Waals surface area contributed by atoms with Crippen LogP contribution in [0.2, 0.25) is 5.02 Å². The number of rotatable bonds is 3. The van der Waals surface area contributed by atoms with E-state index in [-0.39, 0.29) is 5.78 Å². The molecule has 106 valence electrons. The number of nitrogens with two attached hydrogens (primary N) is 1. The molecule has 0 fully saturated rings. The summed E-state index contributed by atoms with van der Waals surface area (Å²) in [6, 6.07) is 10.4. The van der Waals surface area contributed by atoms with Gasteiger partial charge in [0.1, 0.15) is 5.75 Å². The molecule has 3 rings (SSSR count). The van der Waals surface area contributed by atoms with Gasteiger partial charge in [-0.25, -0.2) is 0 Å². The third-order valence-corrected chi connectivity index (χ3v) is 3.68. The Morgan fingerprint density at radius 2 is 2.00 bits per heavy atom. The van der Waals surface area contributed by atoms with Crippen molar-refractivity contribution in [1.29, 1.82) is 0 Å². The number of ether oxygens (including phenoxy) is 1. The van der Waals surface area contributed by atoms with Gasteiger partial charge in [-0.1, -0.05) is 11.6 Å². The van der Waals surface area contributed by atoms with Crippen molar-refractivity contribution < 1.29 is 9.53 Å². The zero-order chi connectivity index (χ0) is 15.0. The van der Waals surface area contributed by atoms with Crippen molar-refractivity contribution in [2.45, 2.75) is 0 Å². The average molecular weight is 301 g/mol. The number of anilines is 1. The van der Waals surface area contributed by atoms with Gasteiger partial charge in [-0.3, -0.25) is 4.79 Å². The molecule has 1 aromatic heterocycles. The second-order valence-corrected chi connectivity index (χ2v) is 5.09. The second kappa shape index (κ2) is 5.14. The van der Waals surface area contributed by atoms with Crippen molar-refractivity contribution in [1.82, 2.24) is 4.98 Å². The van der Waals surface area contributed by atoms with Gasteiger partial charge >= 0.3 is 0 Å². The van der Waals surface area contributed by atoms with Crippen LogP contribution in [0.5, 0.6) is 5.75 Å². The van der Waals surface area contributed by atoms with Gasteiger partial charge in [-0.2, -0.15) is 0 Å². The first-order valence-electron chi connectivity index (χ1n) is 6.35. The summed E-state index contributed by atoms with van der Waals surface area (Å²) in [6.45, 7) is 0. The Bertz CT molecular complexity index is 839. The Balaban J connectivity index is 2.13. The molecule has 4 nitrogen and oxygen atoms in total. The highest BCUT2D eigenvalue weighted by Gasteiger charge is 2.17. The molecule has 0 aliphatic rings. The van der Waals surface area contributed by atoms with E-state index in [1.54, 1.807) is 31.5 Å². The summed E-state index contributed by atoms with van der Waals surface area (Å²) in [5.41, 5.74) is 8.02. The van der Waals surface area contributed by atoms with Crippen molar-refractivity contribution >= 4 is 34.0 Å². The molecule has 3 N–H and O–H groups in total. The van der Waals surface area contributed by atoms with E-state index in [2.05, 4.69) is 4.98 Å². The van der Waals surface area contributed by atoms with E-state index in [0.29, 0.717) is 27.6 Å². The van der Waals surface area contributed by atoms with Crippen LogP contribution in [0.1, 0.15) is 15.9 Å². The quantitative estimate of drug-likeness (QED) is 0.573. The second-order valence-electron chi connectivity index (χ2n) is 4.68. The fraction of sp³-hybridized carbons (Fsp3) is 0.0625. The number of hydrogen-bond acceptors (Lipinski definition) is 3. The number of aromatic amines is 1.